The number of carbonyl (C=O) groups is 3. The summed E-state index contributed by atoms with van der Waals surface area (Å²) in [6.45, 7) is 5.58. The standard InChI is InChI=1S/C26H29ClN6O3/c1-17-5-4-13-33(15-17)14-12-28-25(35)22-23(30-16-29-22)26(36)32-19-10-8-18(9-11-19)31-24(34)20-6-2-3-7-21(20)27/h2-3,6-11,16-17H,4-5,12-15H2,1H3,(H,28,35)(H,29,30)(H,31,34)(H,32,36). The van der Waals surface area contributed by atoms with Gasteiger partial charge in [-0.1, -0.05) is 30.7 Å². The van der Waals surface area contributed by atoms with E-state index in [0.29, 0.717) is 34.4 Å². The van der Waals surface area contributed by atoms with Crippen LogP contribution in [0.4, 0.5) is 11.4 Å². The van der Waals surface area contributed by atoms with Crippen molar-refractivity contribution in [3.8, 4) is 0 Å². The minimum absolute atomic E-state index is 0.00944. The summed E-state index contributed by atoms with van der Waals surface area (Å²) in [4.78, 5) is 47.0. The van der Waals surface area contributed by atoms with E-state index in [1.807, 2.05) is 0 Å². The van der Waals surface area contributed by atoms with E-state index >= 15 is 0 Å². The van der Waals surface area contributed by atoms with E-state index in [4.69, 9.17) is 11.6 Å². The molecule has 1 unspecified atom stereocenters. The number of imidazole rings is 1. The summed E-state index contributed by atoms with van der Waals surface area (Å²) in [7, 11) is 0. The molecule has 1 aliphatic heterocycles. The zero-order chi connectivity index (χ0) is 25.5. The minimum atomic E-state index is -0.515. The Morgan fingerprint density at radius 2 is 1.72 bits per heavy atom. The summed E-state index contributed by atoms with van der Waals surface area (Å²) in [6.07, 6.45) is 3.74. The van der Waals surface area contributed by atoms with Gasteiger partial charge in [0, 0.05) is 31.0 Å². The third-order valence-electron chi connectivity index (χ3n) is 6.06. The molecule has 1 atom stereocenters. The Kier molecular flexibility index (Phi) is 8.35. The average molecular weight is 509 g/mol. The van der Waals surface area contributed by atoms with Crippen LogP contribution in [0.25, 0.3) is 0 Å². The molecule has 3 amide bonds. The average Bonchev–Trinajstić information content (AvgIpc) is 3.36. The number of hydrogen-bond donors (Lipinski definition) is 4. The number of aromatic nitrogens is 2. The maximum atomic E-state index is 12.8. The normalized spacial score (nSPS) is 15.8. The molecule has 0 spiro atoms. The molecule has 188 valence electrons. The largest absolute Gasteiger partial charge is 0.349 e. The highest BCUT2D eigenvalue weighted by Gasteiger charge is 2.21. The fraction of sp³-hybridized carbons (Fsp3) is 0.308. The Labute approximate surface area is 214 Å². The van der Waals surface area contributed by atoms with Crippen molar-refractivity contribution in [2.75, 3.05) is 36.8 Å². The van der Waals surface area contributed by atoms with Crippen molar-refractivity contribution in [2.24, 2.45) is 5.92 Å². The molecule has 10 heteroatoms. The zero-order valence-corrected chi connectivity index (χ0v) is 20.8. The summed E-state index contributed by atoms with van der Waals surface area (Å²) in [6, 6.07) is 13.4. The quantitative estimate of drug-likeness (QED) is 0.366. The van der Waals surface area contributed by atoms with Gasteiger partial charge in [0.1, 0.15) is 5.69 Å². The first-order valence-electron chi connectivity index (χ1n) is 11.9. The lowest BCUT2D eigenvalue weighted by atomic mass is 10.0. The van der Waals surface area contributed by atoms with E-state index < -0.39 is 5.91 Å². The summed E-state index contributed by atoms with van der Waals surface area (Å²) in [5, 5.41) is 8.72. The lowest BCUT2D eigenvalue weighted by Crippen LogP contribution is -2.40. The van der Waals surface area contributed by atoms with Crippen molar-refractivity contribution in [3.05, 3.63) is 76.8 Å². The molecule has 1 saturated heterocycles. The van der Waals surface area contributed by atoms with Crippen LogP contribution >= 0.6 is 11.6 Å². The predicted molar refractivity (Wildman–Crippen MR) is 140 cm³/mol. The molecule has 0 radical (unpaired) electrons. The Balaban J connectivity index is 1.30. The zero-order valence-electron chi connectivity index (χ0n) is 20.0. The van der Waals surface area contributed by atoms with Crippen molar-refractivity contribution in [3.63, 3.8) is 0 Å². The molecule has 36 heavy (non-hydrogen) atoms. The summed E-state index contributed by atoms with van der Waals surface area (Å²) < 4.78 is 0. The Hall–Kier alpha value is -3.69. The molecular formula is C26H29ClN6O3. The molecule has 2 aromatic carbocycles. The summed E-state index contributed by atoms with van der Waals surface area (Å²) in [5.41, 5.74) is 1.52. The smallest absolute Gasteiger partial charge is 0.276 e. The molecule has 2 heterocycles. The van der Waals surface area contributed by atoms with Gasteiger partial charge in [-0.25, -0.2) is 4.98 Å². The summed E-state index contributed by atoms with van der Waals surface area (Å²) >= 11 is 6.07. The van der Waals surface area contributed by atoms with Crippen LogP contribution in [0, 0.1) is 5.92 Å². The molecule has 0 aliphatic carbocycles. The van der Waals surface area contributed by atoms with Crippen LogP contribution in [0.3, 0.4) is 0 Å². The monoisotopic (exact) mass is 508 g/mol. The highest BCUT2D eigenvalue weighted by atomic mass is 35.5. The van der Waals surface area contributed by atoms with Gasteiger partial charge in [0.05, 0.1) is 16.9 Å². The van der Waals surface area contributed by atoms with E-state index in [2.05, 4.69) is 37.7 Å². The lowest BCUT2D eigenvalue weighted by Gasteiger charge is -2.30. The number of nitrogens with zero attached hydrogens (tertiary/aromatic N) is 2. The highest BCUT2D eigenvalue weighted by molar-refractivity contribution is 6.34. The van der Waals surface area contributed by atoms with Crippen LogP contribution in [0.5, 0.6) is 0 Å². The van der Waals surface area contributed by atoms with Crippen molar-refractivity contribution < 1.29 is 14.4 Å². The van der Waals surface area contributed by atoms with Crippen LogP contribution in [-0.2, 0) is 0 Å². The fourth-order valence-electron chi connectivity index (χ4n) is 4.22. The highest BCUT2D eigenvalue weighted by Crippen LogP contribution is 2.19. The summed E-state index contributed by atoms with van der Waals surface area (Å²) in [5.74, 6) is -0.552. The molecule has 4 rings (SSSR count). The number of aromatic amines is 1. The van der Waals surface area contributed by atoms with Crippen LogP contribution in [0.1, 0.15) is 51.1 Å². The number of halogens is 1. The van der Waals surface area contributed by atoms with Crippen molar-refractivity contribution in [1.82, 2.24) is 20.2 Å². The lowest BCUT2D eigenvalue weighted by molar-refractivity contribution is 0.0926. The number of rotatable bonds is 8. The molecule has 0 saturated carbocycles. The number of likely N-dealkylation sites (tertiary alicyclic amines) is 1. The van der Waals surface area contributed by atoms with Gasteiger partial charge in [0.15, 0.2) is 5.69 Å². The maximum absolute atomic E-state index is 12.8. The van der Waals surface area contributed by atoms with E-state index in [9.17, 15) is 14.4 Å². The first-order chi connectivity index (χ1) is 17.4. The van der Waals surface area contributed by atoms with Gasteiger partial charge in [-0.15, -0.1) is 0 Å². The Bertz CT molecular complexity index is 1230. The molecule has 1 fully saturated rings. The van der Waals surface area contributed by atoms with Gasteiger partial charge in [0.25, 0.3) is 17.7 Å². The first kappa shape index (κ1) is 25.4. The van der Waals surface area contributed by atoms with Gasteiger partial charge < -0.3 is 25.8 Å². The van der Waals surface area contributed by atoms with Gasteiger partial charge in [-0.2, -0.15) is 0 Å². The number of H-pyrrole nitrogens is 1. The van der Waals surface area contributed by atoms with Crippen molar-refractivity contribution >= 4 is 40.7 Å². The number of amides is 3. The molecule has 4 N–H and O–H groups in total. The van der Waals surface area contributed by atoms with Crippen LogP contribution in [0.15, 0.2) is 54.9 Å². The second-order valence-electron chi connectivity index (χ2n) is 8.90. The molecule has 1 aliphatic rings. The van der Waals surface area contributed by atoms with Crippen LogP contribution in [-0.4, -0.2) is 58.8 Å². The number of hydrogen-bond acceptors (Lipinski definition) is 5. The molecule has 9 nitrogen and oxygen atoms in total. The number of benzene rings is 2. The fourth-order valence-corrected chi connectivity index (χ4v) is 4.44. The molecule has 3 aromatic rings. The second-order valence-corrected chi connectivity index (χ2v) is 9.30. The van der Waals surface area contributed by atoms with Crippen molar-refractivity contribution in [2.45, 2.75) is 19.8 Å². The predicted octanol–water partition coefficient (Wildman–Crippen LogP) is 4.03. The Morgan fingerprint density at radius 3 is 2.42 bits per heavy atom. The SMILES string of the molecule is CC1CCCN(CCNC(=O)c2[nH]cnc2C(=O)Nc2ccc(NC(=O)c3ccccc3Cl)cc2)C1. The van der Waals surface area contributed by atoms with Crippen molar-refractivity contribution in [1.29, 1.82) is 0 Å². The maximum Gasteiger partial charge on any atom is 0.276 e. The third kappa shape index (κ3) is 6.50. The van der Waals surface area contributed by atoms with Crippen LogP contribution < -0.4 is 16.0 Å². The second kappa shape index (κ2) is 11.8. The van der Waals surface area contributed by atoms with E-state index in [1.54, 1.807) is 48.5 Å². The third-order valence-corrected chi connectivity index (χ3v) is 6.38. The number of piperidine rings is 1. The van der Waals surface area contributed by atoms with Gasteiger partial charge in [-0.05, 0) is 61.7 Å². The first-order valence-corrected chi connectivity index (χ1v) is 12.3. The van der Waals surface area contributed by atoms with Crippen LogP contribution in [0.2, 0.25) is 5.02 Å². The molecule has 0 bridgehead atoms. The van der Waals surface area contributed by atoms with E-state index in [-0.39, 0.29) is 23.2 Å². The number of nitrogens with one attached hydrogen (secondary N) is 4. The van der Waals surface area contributed by atoms with E-state index in [0.717, 1.165) is 19.6 Å². The number of anilines is 2. The van der Waals surface area contributed by atoms with Gasteiger partial charge >= 0.3 is 0 Å². The topological polar surface area (TPSA) is 119 Å². The van der Waals surface area contributed by atoms with E-state index in [1.165, 1.54) is 19.2 Å². The van der Waals surface area contributed by atoms with Gasteiger partial charge in [0.2, 0.25) is 0 Å². The minimum Gasteiger partial charge on any atom is -0.349 e. The molecule has 1 aromatic heterocycles. The number of carbonyl (C=O) groups excluding carboxylic acids is 3. The van der Waals surface area contributed by atoms with Gasteiger partial charge in [-0.3, -0.25) is 14.4 Å². The molecular weight excluding hydrogens is 480 g/mol. The Morgan fingerprint density at radius 1 is 1.03 bits per heavy atom.